The Hall–Kier alpha value is -2.74. The summed E-state index contributed by atoms with van der Waals surface area (Å²) in [7, 11) is 1.70. The number of hydrogen-bond acceptors (Lipinski definition) is 5. The van der Waals surface area contributed by atoms with Crippen LogP contribution in [0.15, 0.2) is 36.9 Å². The minimum absolute atomic E-state index is 0.00370. The van der Waals surface area contributed by atoms with Gasteiger partial charge in [-0.1, -0.05) is 18.2 Å². The Balaban J connectivity index is 2.62. The van der Waals surface area contributed by atoms with Gasteiger partial charge in [0.05, 0.1) is 11.5 Å². The first-order valence-electron chi connectivity index (χ1n) is 6.98. The van der Waals surface area contributed by atoms with E-state index in [-0.39, 0.29) is 24.8 Å². The van der Waals surface area contributed by atoms with Gasteiger partial charge in [-0.25, -0.2) is 4.79 Å². The van der Waals surface area contributed by atoms with Gasteiger partial charge in [-0.05, 0) is 19.5 Å². The van der Waals surface area contributed by atoms with Crippen molar-refractivity contribution in [3.63, 3.8) is 0 Å². The van der Waals surface area contributed by atoms with Crippen LogP contribution in [0.3, 0.4) is 0 Å². The number of urea groups is 1. The van der Waals surface area contributed by atoms with Crippen LogP contribution in [0, 0.1) is 10.1 Å². The molecule has 1 atom stereocenters. The molecule has 1 unspecified atom stereocenters. The van der Waals surface area contributed by atoms with Crippen molar-refractivity contribution in [1.82, 2.24) is 15.5 Å². The fraction of sp³-hybridized carbons (Fsp3) is 0.333. The quantitative estimate of drug-likeness (QED) is 0.451. The number of nitrogens with one attached hydrogen (secondary N) is 2. The Kier molecular flexibility index (Phi) is 6.88. The SMILES string of the molecule is C=CCNC(=O)NC(=O)CN(C)C(C)c1cccc([N+](=O)[O-])c1. The number of nitrogens with zero attached hydrogens (tertiary/aromatic N) is 2. The highest BCUT2D eigenvalue weighted by atomic mass is 16.6. The molecule has 0 bridgehead atoms. The van der Waals surface area contributed by atoms with Gasteiger partial charge < -0.3 is 5.32 Å². The van der Waals surface area contributed by atoms with Crippen LogP contribution in [-0.4, -0.2) is 41.9 Å². The molecule has 0 aliphatic heterocycles. The molecular weight excluding hydrogens is 300 g/mol. The molecule has 0 aliphatic rings. The molecule has 1 aromatic rings. The summed E-state index contributed by atoms with van der Waals surface area (Å²) in [6, 6.07) is 5.41. The Morgan fingerprint density at radius 1 is 1.48 bits per heavy atom. The Morgan fingerprint density at radius 2 is 2.17 bits per heavy atom. The summed E-state index contributed by atoms with van der Waals surface area (Å²) in [5.74, 6) is -0.466. The lowest BCUT2D eigenvalue weighted by atomic mass is 10.1. The van der Waals surface area contributed by atoms with E-state index in [9.17, 15) is 19.7 Å². The summed E-state index contributed by atoms with van der Waals surface area (Å²) in [6.45, 7) is 5.52. The maximum Gasteiger partial charge on any atom is 0.321 e. The number of hydrogen-bond donors (Lipinski definition) is 2. The normalized spacial score (nSPS) is 11.6. The standard InChI is InChI=1S/C15H20N4O4/c1-4-8-16-15(21)17-14(20)10-18(3)11(2)12-6-5-7-13(9-12)19(22)23/h4-7,9,11H,1,8,10H2,2-3H3,(H2,16,17,20,21). The maximum absolute atomic E-state index is 11.8. The Bertz CT molecular complexity index is 603. The molecule has 0 radical (unpaired) electrons. The Morgan fingerprint density at radius 3 is 2.78 bits per heavy atom. The summed E-state index contributed by atoms with van der Waals surface area (Å²) in [5, 5.41) is 15.4. The van der Waals surface area contributed by atoms with Crippen LogP contribution >= 0.6 is 0 Å². The van der Waals surface area contributed by atoms with Gasteiger partial charge in [-0.2, -0.15) is 0 Å². The number of imide groups is 1. The van der Waals surface area contributed by atoms with E-state index in [2.05, 4.69) is 17.2 Å². The first-order valence-corrected chi connectivity index (χ1v) is 6.98. The van der Waals surface area contributed by atoms with Gasteiger partial charge in [0.25, 0.3) is 5.69 Å². The maximum atomic E-state index is 11.8. The van der Waals surface area contributed by atoms with Crippen molar-refractivity contribution in [3.05, 3.63) is 52.6 Å². The molecule has 0 spiro atoms. The first kappa shape index (κ1) is 18.3. The number of nitro groups is 1. The van der Waals surface area contributed by atoms with Crippen LogP contribution in [0.4, 0.5) is 10.5 Å². The molecule has 8 heteroatoms. The van der Waals surface area contributed by atoms with Gasteiger partial charge >= 0.3 is 6.03 Å². The van der Waals surface area contributed by atoms with Crippen molar-refractivity contribution in [2.75, 3.05) is 20.1 Å². The average molecular weight is 320 g/mol. The second kappa shape index (κ2) is 8.64. The zero-order valence-corrected chi connectivity index (χ0v) is 13.1. The molecule has 1 aromatic carbocycles. The summed E-state index contributed by atoms with van der Waals surface area (Å²) in [4.78, 5) is 35.2. The number of likely N-dealkylation sites (N-methyl/N-ethyl adjacent to an activating group) is 1. The average Bonchev–Trinajstić information content (AvgIpc) is 2.51. The first-order chi connectivity index (χ1) is 10.8. The van der Waals surface area contributed by atoms with Gasteiger partial charge in [-0.3, -0.25) is 25.1 Å². The molecule has 0 aromatic heterocycles. The van der Waals surface area contributed by atoms with E-state index in [1.165, 1.54) is 18.2 Å². The largest absolute Gasteiger partial charge is 0.334 e. The molecule has 0 saturated heterocycles. The van der Waals surface area contributed by atoms with E-state index < -0.39 is 16.9 Å². The number of amides is 3. The van der Waals surface area contributed by atoms with Crippen LogP contribution in [0.2, 0.25) is 0 Å². The molecule has 124 valence electrons. The molecule has 0 heterocycles. The molecule has 2 N–H and O–H groups in total. The van der Waals surface area contributed by atoms with E-state index in [0.717, 1.165) is 0 Å². The fourth-order valence-corrected chi connectivity index (χ4v) is 1.89. The van der Waals surface area contributed by atoms with Gasteiger partial charge in [0.2, 0.25) is 5.91 Å². The topological polar surface area (TPSA) is 105 Å². The number of non-ortho nitro benzene ring substituents is 1. The molecule has 0 saturated carbocycles. The number of carbonyl (C=O) groups is 2. The summed E-state index contributed by atoms with van der Waals surface area (Å²) in [6.07, 6.45) is 1.50. The second-order valence-electron chi connectivity index (χ2n) is 4.99. The highest BCUT2D eigenvalue weighted by Crippen LogP contribution is 2.22. The number of rotatable bonds is 7. The van der Waals surface area contributed by atoms with Crippen molar-refractivity contribution in [3.8, 4) is 0 Å². The lowest BCUT2D eigenvalue weighted by molar-refractivity contribution is -0.384. The fourth-order valence-electron chi connectivity index (χ4n) is 1.89. The third kappa shape index (κ3) is 5.87. The van der Waals surface area contributed by atoms with Crippen molar-refractivity contribution in [2.24, 2.45) is 0 Å². The summed E-state index contributed by atoms with van der Waals surface area (Å²) < 4.78 is 0. The van der Waals surface area contributed by atoms with E-state index >= 15 is 0 Å². The van der Waals surface area contributed by atoms with Crippen LogP contribution in [-0.2, 0) is 4.79 Å². The van der Waals surface area contributed by atoms with E-state index in [1.54, 1.807) is 24.1 Å². The monoisotopic (exact) mass is 320 g/mol. The van der Waals surface area contributed by atoms with Crippen molar-refractivity contribution < 1.29 is 14.5 Å². The minimum atomic E-state index is -0.591. The van der Waals surface area contributed by atoms with Crippen molar-refractivity contribution in [2.45, 2.75) is 13.0 Å². The van der Waals surface area contributed by atoms with E-state index in [1.807, 2.05) is 6.92 Å². The highest BCUT2D eigenvalue weighted by molar-refractivity contribution is 5.95. The zero-order chi connectivity index (χ0) is 17.4. The second-order valence-corrected chi connectivity index (χ2v) is 4.99. The van der Waals surface area contributed by atoms with Gasteiger partial charge in [0.15, 0.2) is 0 Å². The van der Waals surface area contributed by atoms with E-state index in [4.69, 9.17) is 0 Å². The van der Waals surface area contributed by atoms with Gasteiger partial charge in [0.1, 0.15) is 0 Å². The number of carbonyl (C=O) groups excluding carboxylic acids is 2. The summed E-state index contributed by atoms with van der Waals surface area (Å²) >= 11 is 0. The summed E-state index contributed by atoms with van der Waals surface area (Å²) in [5.41, 5.74) is 0.710. The third-order valence-corrected chi connectivity index (χ3v) is 3.28. The molecule has 0 fully saturated rings. The van der Waals surface area contributed by atoms with Crippen LogP contribution < -0.4 is 10.6 Å². The Labute approximate surface area is 134 Å². The number of benzene rings is 1. The predicted molar refractivity (Wildman–Crippen MR) is 85.9 cm³/mol. The molecule has 8 nitrogen and oxygen atoms in total. The lowest BCUT2D eigenvalue weighted by Gasteiger charge is -2.24. The van der Waals surface area contributed by atoms with Crippen molar-refractivity contribution >= 4 is 17.6 Å². The van der Waals surface area contributed by atoms with Crippen LogP contribution in [0.1, 0.15) is 18.5 Å². The molecule has 23 heavy (non-hydrogen) atoms. The molecule has 1 rings (SSSR count). The van der Waals surface area contributed by atoms with Crippen LogP contribution in [0.5, 0.6) is 0 Å². The third-order valence-electron chi connectivity index (χ3n) is 3.28. The van der Waals surface area contributed by atoms with E-state index in [0.29, 0.717) is 5.56 Å². The van der Waals surface area contributed by atoms with Gasteiger partial charge in [-0.15, -0.1) is 6.58 Å². The molecular formula is C15H20N4O4. The van der Waals surface area contributed by atoms with Gasteiger partial charge in [0, 0.05) is 24.7 Å². The molecule has 0 aliphatic carbocycles. The van der Waals surface area contributed by atoms with Crippen LogP contribution in [0.25, 0.3) is 0 Å². The number of nitro benzene ring substituents is 1. The van der Waals surface area contributed by atoms with Crippen molar-refractivity contribution in [1.29, 1.82) is 0 Å². The molecule has 3 amide bonds. The predicted octanol–water partition coefficient (Wildman–Crippen LogP) is 1.60. The smallest absolute Gasteiger partial charge is 0.321 e. The zero-order valence-electron chi connectivity index (χ0n) is 13.1. The highest BCUT2D eigenvalue weighted by Gasteiger charge is 2.18. The minimum Gasteiger partial charge on any atom is -0.334 e. The lowest BCUT2D eigenvalue weighted by Crippen LogP contribution is -2.44.